The van der Waals surface area contributed by atoms with Gasteiger partial charge in [-0.1, -0.05) is 54.6 Å². The molecule has 25 heavy (non-hydrogen) atoms. The van der Waals surface area contributed by atoms with Crippen LogP contribution in [0.2, 0.25) is 0 Å². The summed E-state index contributed by atoms with van der Waals surface area (Å²) >= 11 is 0. The van der Waals surface area contributed by atoms with E-state index in [0.717, 1.165) is 5.56 Å². The van der Waals surface area contributed by atoms with E-state index >= 15 is 0 Å². The van der Waals surface area contributed by atoms with Crippen LogP contribution in [-0.4, -0.2) is 32.1 Å². The standard InChI is InChI=1S/C19H18N4O2/c24-18(12-23-13-20-21-19(23)25)22-10-15-8-4-5-9-16(15)17(11-22)14-6-2-1-3-7-14/h1-9,13,17H,10-12H2,(H,21,25). The summed E-state index contributed by atoms with van der Waals surface area (Å²) in [5, 5.41) is 5.99. The molecule has 1 atom stereocenters. The third-order valence-electron chi connectivity index (χ3n) is 4.67. The van der Waals surface area contributed by atoms with E-state index in [1.165, 1.54) is 22.0 Å². The highest BCUT2D eigenvalue weighted by molar-refractivity contribution is 5.76. The van der Waals surface area contributed by atoms with Crippen molar-refractivity contribution in [3.63, 3.8) is 0 Å². The van der Waals surface area contributed by atoms with Gasteiger partial charge < -0.3 is 4.90 Å². The van der Waals surface area contributed by atoms with Crippen molar-refractivity contribution in [3.8, 4) is 0 Å². The molecule has 2 heterocycles. The van der Waals surface area contributed by atoms with E-state index in [-0.39, 0.29) is 24.1 Å². The topological polar surface area (TPSA) is 71.0 Å². The lowest BCUT2D eigenvalue weighted by Gasteiger charge is -2.35. The molecule has 0 bridgehead atoms. The third kappa shape index (κ3) is 2.98. The first kappa shape index (κ1) is 15.4. The predicted octanol–water partition coefficient (Wildman–Crippen LogP) is 1.75. The molecule has 0 radical (unpaired) electrons. The summed E-state index contributed by atoms with van der Waals surface area (Å²) < 4.78 is 1.29. The maximum atomic E-state index is 12.7. The van der Waals surface area contributed by atoms with E-state index in [9.17, 15) is 9.59 Å². The lowest BCUT2D eigenvalue weighted by atomic mass is 9.84. The van der Waals surface area contributed by atoms with Gasteiger partial charge in [0.2, 0.25) is 5.91 Å². The molecule has 4 rings (SSSR count). The van der Waals surface area contributed by atoms with Gasteiger partial charge in [-0.2, -0.15) is 5.10 Å². The SMILES string of the molecule is O=C(Cn1cn[nH]c1=O)N1Cc2ccccc2C(c2ccccc2)C1. The van der Waals surface area contributed by atoms with Crippen LogP contribution >= 0.6 is 0 Å². The van der Waals surface area contributed by atoms with E-state index in [2.05, 4.69) is 34.5 Å². The molecule has 1 aromatic heterocycles. The Labute approximate surface area is 144 Å². The molecule has 0 fully saturated rings. The number of rotatable bonds is 3. The van der Waals surface area contributed by atoms with Crippen molar-refractivity contribution >= 4 is 5.91 Å². The Morgan fingerprint density at radius 2 is 1.88 bits per heavy atom. The van der Waals surface area contributed by atoms with Gasteiger partial charge >= 0.3 is 5.69 Å². The lowest BCUT2D eigenvalue weighted by molar-refractivity contribution is -0.133. The lowest BCUT2D eigenvalue weighted by Crippen LogP contribution is -2.41. The minimum absolute atomic E-state index is 0.000982. The third-order valence-corrected chi connectivity index (χ3v) is 4.67. The van der Waals surface area contributed by atoms with Gasteiger partial charge in [0.15, 0.2) is 0 Å². The maximum absolute atomic E-state index is 12.7. The highest BCUT2D eigenvalue weighted by Gasteiger charge is 2.29. The van der Waals surface area contributed by atoms with Gasteiger partial charge in [-0.3, -0.25) is 9.36 Å². The van der Waals surface area contributed by atoms with Crippen molar-refractivity contribution in [1.82, 2.24) is 19.7 Å². The number of hydrogen-bond donors (Lipinski definition) is 1. The van der Waals surface area contributed by atoms with E-state index < -0.39 is 0 Å². The van der Waals surface area contributed by atoms with Gasteiger partial charge in [0.05, 0.1) is 0 Å². The van der Waals surface area contributed by atoms with Crippen LogP contribution in [0.4, 0.5) is 0 Å². The van der Waals surface area contributed by atoms with Gasteiger partial charge in [0.1, 0.15) is 12.9 Å². The second-order valence-electron chi connectivity index (χ2n) is 6.23. The molecule has 0 spiro atoms. The number of aromatic nitrogens is 3. The summed E-state index contributed by atoms with van der Waals surface area (Å²) in [7, 11) is 0. The summed E-state index contributed by atoms with van der Waals surface area (Å²) in [6.45, 7) is 1.16. The summed E-state index contributed by atoms with van der Waals surface area (Å²) in [5.41, 5.74) is 3.23. The van der Waals surface area contributed by atoms with Crippen LogP contribution in [-0.2, 0) is 17.9 Å². The van der Waals surface area contributed by atoms with Crippen LogP contribution in [0.1, 0.15) is 22.6 Å². The number of amides is 1. The number of benzene rings is 2. The first-order chi connectivity index (χ1) is 12.2. The Morgan fingerprint density at radius 3 is 2.64 bits per heavy atom. The molecule has 1 N–H and O–H groups in total. The summed E-state index contributed by atoms with van der Waals surface area (Å²) in [6, 6.07) is 18.4. The summed E-state index contributed by atoms with van der Waals surface area (Å²) in [5.74, 6) is 0.0510. The van der Waals surface area contributed by atoms with E-state index in [1.54, 1.807) is 0 Å². The van der Waals surface area contributed by atoms with Gasteiger partial charge in [0.25, 0.3) is 0 Å². The zero-order chi connectivity index (χ0) is 17.2. The van der Waals surface area contributed by atoms with Crippen molar-refractivity contribution in [2.24, 2.45) is 0 Å². The van der Waals surface area contributed by atoms with Crippen molar-refractivity contribution < 1.29 is 4.79 Å². The van der Waals surface area contributed by atoms with Gasteiger partial charge in [-0.05, 0) is 16.7 Å². The fourth-order valence-corrected chi connectivity index (χ4v) is 3.40. The number of fused-ring (bicyclic) bond motifs is 1. The van der Waals surface area contributed by atoms with E-state index in [4.69, 9.17) is 0 Å². The molecule has 6 heteroatoms. The van der Waals surface area contributed by atoms with Crippen LogP contribution in [0.5, 0.6) is 0 Å². The molecule has 1 unspecified atom stereocenters. The van der Waals surface area contributed by atoms with Gasteiger partial charge in [-0.25, -0.2) is 9.89 Å². The van der Waals surface area contributed by atoms with Crippen LogP contribution in [0.25, 0.3) is 0 Å². The second kappa shape index (κ2) is 6.39. The number of nitrogens with one attached hydrogen (secondary N) is 1. The molecule has 1 aliphatic heterocycles. The molecule has 3 aromatic rings. The van der Waals surface area contributed by atoms with Gasteiger partial charge in [-0.15, -0.1) is 0 Å². The van der Waals surface area contributed by atoms with Crippen LogP contribution in [0, 0.1) is 0 Å². The normalized spacial score (nSPS) is 16.5. The largest absolute Gasteiger partial charge is 0.343 e. The molecule has 0 saturated carbocycles. The molecule has 126 valence electrons. The molecule has 1 aliphatic rings. The average molecular weight is 334 g/mol. The van der Waals surface area contributed by atoms with Crippen LogP contribution in [0.3, 0.4) is 0 Å². The first-order valence-electron chi connectivity index (χ1n) is 8.22. The summed E-state index contributed by atoms with van der Waals surface area (Å²) in [6.07, 6.45) is 1.35. The van der Waals surface area contributed by atoms with Gasteiger partial charge in [0, 0.05) is 19.0 Å². The number of aromatic amines is 1. The zero-order valence-electron chi connectivity index (χ0n) is 13.6. The molecule has 0 saturated heterocycles. The van der Waals surface area contributed by atoms with Crippen LogP contribution in [0.15, 0.2) is 65.7 Å². The Bertz CT molecular complexity index is 945. The molecular formula is C19H18N4O2. The van der Waals surface area contributed by atoms with E-state index in [0.29, 0.717) is 13.1 Å². The quantitative estimate of drug-likeness (QED) is 0.793. The number of H-pyrrole nitrogens is 1. The number of nitrogens with zero attached hydrogens (tertiary/aromatic N) is 3. The fraction of sp³-hybridized carbons (Fsp3) is 0.211. The summed E-state index contributed by atoms with van der Waals surface area (Å²) in [4.78, 5) is 26.1. The van der Waals surface area contributed by atoms with Crippen molar-refractivity contribution in [3.05, 3.63) is 88.1 Å². The highest BCUT2D eigenvalue weighted by atomic mass is 16.2. The van der Waals surface area contributed by atoms with Crippen molar-refractivity contribution in [1.29, 1.82) is 0 Å². The fourth-order valence-electron chi connectivity index (χ4n) is 3.40. The minimum atomic E-state index is -0.370. The number of carbonyl (C=O) groups is 1. The molecular weight excluding hydrogens is 316 g/mol. The second-order valence-corrected chi connectivity index (χ2v) is 6.23. The maximum Gasteiger partial charge on any atom is 0.343 e. The highest BCUT2D eigenvalue weighted by Crippen LogP contribution is 2.33. The number of carbonyl (C=O) groups excluding carboxylic acids is 1. The zero-order valence-corrected chi connectivity index (χ0v) is 13.6. The monoisotopic (exact) mass is 334 g/mol. The minimum Gasteiger partial charge on any atom is -0.336 e. The van der Waals surface area contributed by atoms with Crippen molar-refractivity contribution in [2.75, 3.05) is 6.54 Å². The molecule has 0 aliphatic carbocycles. The Morgan fingerprint density at radius 1 is 1.12 bits per heavy atom. The Hall–Kier alpha value is -3.15. The molecule has 1 amide bonds. The number of hydrogen-bond acceptors (Lipinski definition) is 3. The average Bonchev–Trinajstić information content (AvgIpc) is 3.06. The van der Waals surface area contributed by atoms with Crippen molar-refractivity contribution in [2.45, 2.75) is 19.0 Å². The smallest absolute Gasteiger partial charge is 0.336 e. The first-order valence-corrected chi connectivity index (χ1v) is 8.22. The Kier molecular flexibility index (Phi) is 3.93. The molecule has 2 aromatic carbocycles. The molecule has 6 nitrogen and oxygen atoms in total. The predicted molar refractivity (Wildman–Crippen MR) is 93.0 cm³/mol. The van der Waals surface area contributed by atoms with E-state index in [1.807, 2.05) is 35.2 Å². The Balaban J connectivity index is 1.64. The van der Waals surface area contributed by atoms with Crippen LogP contribution < -0.4 is 5.69 Å².